The van der Waals surface area contributed by atoms with Gasteiger partial charge in [0.05, 0.1) is 28.6 Å². The highest BCUT2D eigenvalue weighted by Crippen LogP contribution is 2.32. The number of allylic oxidation sites excluding steroid dienone is 4. The van der Waals surface area contributed by atoms with Gasteiger partial charge >= 0.3 is 0 Å². The number of alkyl halides is 1. The lowest BCUT2D eigenvalue weighted by molar-refractivity contribution is -0.125. The lowest BCUT2D eigenvalue weighted by Gasteiger charge is -2.45. The Morgan fingerprint density at radius 1 is 1.29 bits per heavy atom. The Labute approximate surface area is 152 Å². The smallest absolute Gasteiger partial charge is 0.230 e. The van der Waals surface area contributed by atoms with Gasteiger partial charge in [-0.2, -0.15) is 5.10 Å². The number of hydrogen-bond acceptors (Lipinski definition) is 4. The van der Waals surface area contributed by atoms with Gasteiger partial charge in [-0.05, 0) is 44.3 Å². The monoisotopic (exact) mass is 368 g/mol. The summed E-state index contributed by atoms with van der Waals surface area (Å²) in [6.45, 7) is 3.84. The molecule has 5 aliphatic rings. The molecule has 0 radical (unpaired) electrons. The minimum Gasteiger partial charge on any atom is -0.351 e. The van der Waals surface area contributed by atoms with Gasteiger partial charge < -0.3 is 10.2 Å². The van der Waals surface area contributed by atoms with Gasteiger partial charge in [-0.15, -0.1) is 11.6 Å². The van der Waals surface area contributed by atoms with Gasteiger partial charge in [0.25, 0.3) is 0 Å². The van der Waals surface area contributed by atoms with Gasteiger partial charge in [0, 0.05) is 18.8 Å². The van der Waals surface area contributed by atoms with Crippen LogP contribution in [0, 0.1) is 11.8 Å². The summed E-state index contributed by atoms with van der Waals surface area (Å²) in [5.74, 6) is 0.447. The normalized spacial score (nSPS) is 38.1. The van der Waals surface area contributed by atoms with Crippen molar-refractivity contribution in [1.29, 1.82) is 0 Å². The standard InChI is InChI=1S/C17H22Cl2N4O/c18-13-2-1-3-14(19)16(13)23-9-12(8-20-23)17(24)21-15-10-22-6-4-11(15)5-7-22/h1-2,8,11-12,14-15H,3-7,9-10H2,(H,21,24)/t12?,14-,15?/m0/s1. The van der Waals surface area contributed by atoms with Crippen molar-refractivity contribution in [3.63, 3.8) is 0 Å². The van der Waals surface area contributed by atoms with Gasteiger partial charge in [0.1, 0.15) is 0 Å². The fourth-order valence-corrected chi connectivity index (χ4v) is 4.80. The molecule has 3 fully saturated rings. The van der Waals surface area contributed by atoms with Crippen LogP contribution in [-0.4, -0.2) is 59.6 Å². The summed E-state index contributed by atoms with van der Waals surface area (Å²) in [6.07, 6.45) is 8.65. The van der Waals surface area contributed by atoms with Gasteiger partial charge in [0.15, 0.2) is 0 Å². The SMILES string of the molecule is O=C(NC1CN2CCC1CC2)C1C=NN(C2=C(Cl)C=CC[C@@H]2Cl)C1. The topological polar surface area (TPSA) is 47.9 Å². The van der Waals surface area contributed by atoms with Crippen LogP contribution in [-0.2, 0) is 4.79 Å². The fourth-order valence-electron chi connectivity index (χ4n) is 4.09. The summed E-state index contributed by atoms with van der Waals surface area (Å²) in [6, 6.07) is 0.281. The third-order valence-electron chi connectivity index (χ3n) is 5.50. The number of rotatable bonds is 3. The van der Waals surface area contributed by atoms with Gasteiger partial charge in [-0.3, -0.25) is 9.80 Å². The van der Waals surface area contributed by atoms with E-state index in [9.17, 15) is 4.79 Å². The quantitative estimate of drug-likeness (QED) is 0.776. The summed E-state index contributed by atoms with van der Waals surface area (Å²) < 4.78 is 0. The summed E-state index contributed by atoms with van der Waals surface area (Å²) >= 11 is 12.6. The molecule has 0 aromatic carbocycles. The molecule has 0 saturated carbocycles. The fraction of sp³-hybridized carbons (Fsp3) is 0.647. The van der Waals surface area contributed by atoms with Crippen molar-refractivity contribution < 1.29 is 4.79 Å². The Hall–Kier alpha value is -1.04. The second-order valence-electron chi connectivity index (χ2n) is 7.05. The number of carbonyl (C=O) groups is 1. The Morgan fingerprint density at radius 2 is 2.08 bits per heavy atom. The lowest BCUT2D eigenvalue weighted by atomic mass is 9.84. The van der Waals surface area contributed by atoms with Crippen molar-refractivity contribution in [3.8, 4) is 0 Å². The predicted molar refractivity (Wildman–Crippen MR) is 96.1 cm³/mol. The highest BCUT2D eigenvalue weighted by atomic mass is 35.5. The van der Waals surface area contributed by atoms with E-state index in [2.05, 4.69) is 15.3 Å². The van der Waals surface area contributed by atoms with E-state index in [0.717, 1.165) is 18.7 Å². The highest BCUT2D eigenvalue weighted by molar-refractivity contribution is 6.33. The number of amides is 1. The van der Waals surface area contributed by atoms with E-state index in [4.69, 9.17) is 23.2 Å². The molecule has 7 heteroatoms. The molecule has 0 spiro atoms. The van der Waals surface area contributed by atoms with Gasteiger partial charge in [-0.1, -0.05) is 17.7 Å². The number of fused-ring (bicyclic) bond motifs is 3. The second-order valence-corrected chi connectivity index (χ2v) is 7.98. The largest absolute Gasteiger partial charge is 0.351 e. The van der Waals surface area contributed by atoms with Crippen LogP contribution in [0.3, 0.4) is 0 Å². The number of hydrazone groups is 1. The molecule has 3 atom stereocenters. The predicted octanol–water partition coefficient (Wildman–Crippen LogP) is 2.13. The third-order valence-corrected chi connectivity index (χ3v) is 6.21. The van der Waals surface area contributed by atoms with Crippen LogP contribution in [0.5, 0.6) is 0 Å². The van der Waals surface area contributed by atoms with Crippen LogP contribution >= 0.6 is 23.2 Å². The van der Waals surface area contributed by atoms with Gasteiger partial charge in [-0.25, -0.2) is 0 Å². The number of hydrogen-bond donors (Lipinski definition) is 1. The summed E-state index contributed by atoms with van der Waals surface area (Å²) in [7, 11) is 0. The van der Waals surface area contributed by atoms with Crippen LogP contribution in [0.1, 0.15) is 19.3 Å². The van der Waals surface area contributed by atoms with Crippen LogP contribution in [0.2, 0.25) is 0 Å². The molecule has 2 unspecified atom stereocenters. The molecule has 5 rings (SSSR count). The maximum atomic E-state index is 12.6. The number of nitrogens with zero attached hydrogens (tertiary/aromatic N) is 3. The Morgan fingerprint density at radius 3 is 2.75 bits per heavy atom. The van der Waals surface area contributed by atoms with Crippen molar-refractivity contribution in [2.75, 3.05) is 26.2 Å². The van der Waals surface area contributed by atoms with E-state index >= 15 is 0 Å². The molecule has 0 aromatic heterocycles. The summed E-state index contributed by atoms with van der Waals surface area (Å²) in [5, 5.41) is 9.82. The summed E-state index contributed by atoms with van der Waals surface area (Å²) in [5.41, 5.74) is 0.801. The molecule has 5 nitrogen and oxygen atoms in total. The average molecular weight is 369 g/mol. The van der Waals surface area contributed by atoms with E-state index < -0.39 is 0 Å². The minimum atomic E-state index is -0.243. The van der Waals surface area contributed by atoms with Crippen molar-refractivity contribution in [2.24, 2.45) is 16.9 Å². The number of piperidine rings is 3. The second kappa shape index (κ2) is 6.70. The van der Waals surface area contributed by atoms with Crippen LogP contribution in [0.4, 0.5) is 0 Å². The van der Waals surface area contributed by atoms with Crippen LogP contribution in [0.15, 0.2) is 28.0 Å². The zero-order valence-corrected chi connectivity index (χ0v) is 15.0. The Bertz CT molecular complexity index is 610. The van der Waals surface area contributed by atoms with E-state index in [1.807, 2.05) is 12.2 Å². The first-order valence-corrected chi connectivity index (χ1v) is 9.48. The molecule has 1 amide bonds. The zero-order chi connectivity index (χ0) is 16.7. The number of halogens is 2. The highest BCUT2D eigenvalue weighted by Gasteiger charge is 2.37. The Kier molecular flexibility index (Phi) is 4.58. The Balaban J connectivity index is 1.38. The molecule has 2 bridgehead atoms. The van der Waals surface area contributed by atoms with Crippen molar-refractivity contribution in [2.45, 2.75) is 30.7 Å². The van der Waals surface area contributed by atoms with Crippen molar-refractivity contribution in [1.82, 2.24) is 15.2 Å². The van der Waals surface area contributed by atoms with Crippen molar-refractivity contribution >= 4 is 35.3 Å². The maximum Gasteiger partial charge on any atom is 0.230 e. The zero-order valence-electron chi connectivity index (χ0n) is 13.5. The molecule has 4 heterocycles. The van der Waals surface area contributed by atoms with E-state index in [1.54, 1.807) is 11.2 Å². The van der Waals surface area contributed by atoms with E-state index in [0.29, 0.717) is 17.5 Å². The molecule has 0 aromatic rings. The van der Waals surface area contributed by atoms with E-state index in [1.165, 1.54) is 25.9 Å². The first-order valence-electron chi connectivity index (χ1n) is 8.66. The summed E-state index contributed by atoms with van der Waals surface area (Å²) in [4.78, 5) is 15.1. The molecule has 4 aliphatic heterocycles. The molecular weight excluding hydrogens is 347 g/mol. The minimum absolute atomic E-state index is 0.0641. The molecular formula is C17H22Cl2N4O. The maximum absolute atomic E-state index is 12.6. The van der Waals surface area contributed by atoms with Crippen LogP contribution < -0.4 is 5.32 Å². The lowest BCUT2D eigenvalue weighted by Crippen LogP contribution is -2.58. The first kappa shape index (κ1) is 16.4. The van der Waals surface area contributed by atoms with Gasteiger partial charge in [0.2, 0.25) is 5.91 Å². The third kappa shape index (κ3) is 3.09. The number of nitrogens with one attached hydrogen (secondary N) is 1. The molecule has 130 valence electrons. The first-order chi connectivity index (χ1) is 11.6. The average Bonchev–Trinajstić information content (AvgIpc) is 3.05. The number of carbonyl (C=O) groups excluding carboxylic acids is 1. The van der Waals surface area contributed by atoms with Crippen molar-refractivity contribution in [3.05, 3.63) is 22.9 Å². The molecule has 3 saturated heterocycles. The van der Waals surface area contributed by atoms with Crippen LogP contribution in [0.25, 0.3) is 0 Å². The van der Waals surface area contributed by atoms with E-state index in [-0.39, 0.29) is 23.2 Å². The molecule has 24 heavy (non-hydrogen) atoms. The molecule has 1 aliphatic carbocycles. The molecule has 1 N–H and O–H groups in total.